The van der Waals surface area contributed by atoms with Gasteiger partial charge in [-0.1, -0.05) is 0 Å². The fraction of sp³-hybridized carbons (Fsp3) is 0.667. The molecule has 0 bridgehead atoms. The first-order chi connectivity index (χ1) is 15.3. The molecule has 2 amide bonds. The maximum absolute atomic E-state index is 13.0. The molecule has 0 saturated carbocycles. The van der Waals surface area contributed by atoms with E-state index in [1.807, 2.05) is 0 Å². The minimum atomic E-state index is -4.01. The van der Waals surface area contributed by atoms with Crippen molar-refractivity contribution in [3.63, 3.8) is 0 Å². The zero-order valence-electron chi connectivity index (χ0n) is 18.2. The molecular formula is C18H26N5O9S+. The summed E-state index contributed by atoms with van der Waals surface area (Å²) in [5.41, 5.74) is 0. The SMILES string of the molecule is CCOC(=O)C(NC(=O)C[n+]1ccn(CC2(C)C(C(=O)O)N3C(=O)CC3S2(=O)=O)n1)C(C)O. The van der Waals surface area contributed by atoms with Gasteiger partial charge in [-0.25, -0.2) is 18.0 Å². The van der Waals surface area contributed by atoms with Gasteiger partial charge in [0, 0.05) is 0 Å². The van der Waals surface area contributed by atoms with Crippen molar-refractivity contribution in [2.75, 3.05) is 6.61 Å². The van der Waals surface area contributed by atoms with E-state index in [4.69, 9.17) is 4.74 Å². The molecule has 1 aromatic rings. The first-order valence-electron chi connectivity index (χ1n) is 10.2. The lowest BCUT2D eigenvalue weighted by Crippen LogP contribution is -2.58. The highest BCUT2D eigenvalue weighted by Gasteiger charge is 2.71. The zero-order chi connectivity index (χ0) is 24.7. The molecule has 2 aliphatic rings. The number of aliphatic hydroxyl groups excluding tert-OH is 1. The number of nitrogens with zero attached hydrogens (tertiary/aromatic N) is 4. The van der Waals surface area contributed by atoms with Gasteiger partial charge in [-0.05, 0) is 20.8 Å². The number of esters is 1. The van der Waals surface area contributed by atoms with Gasteiger partial charge in [-0.2, -0.15) is 0 Å². The highest BCUT2D eigenvalue weighted by Crippen LogP contribution is 2.46. The average molecular weight is 488 g/mol. The third-order valence-corrected chi connectivity index (χ3v) is 8.57. The van der Waals surface area contributed by atoms with E-state index in [2.05, 4.69) is 10.5 Å². The van der Waals surface area contributed by atoms with Gasteiger partial charge in [-0.15, -0.1) is 9.36 Å². The number of carboxylic acids is 1. The Bertz CT molecular complexity index is 1080. The lowest BCUT2D eigenvalue weighted by Gasteiger charge is -2.35. The summed E-state index contributed by atoms with van der Waals surface area (Å²) in [4.78, 5) is 48.8. The number of carboxylic acid groups (broad SMARTS) is 1. The lowest BCUT2D eigenvalue weighted by atomic mass is 9.96. The lowest BCUT2D eigenvalue weighted by molar-refractivity contribution is -0.744. The van der Waals surface area contributed by atoms with Gasteiger partial charge in [-0.3, -0.25) is 9.59 Å². The molecule has 0 spiro atoms. The van der Waals surface area contributed by atoms with E-state index < -0.39 is 61.9 Å². The maximum Gasteiger partial charge on any atom is 0.331 e. The van der Waals surface area contributed by atoms with Gasteiger partial charge in [0.1, 0.15) is 16.7 Å². The van der Waals surface area contributed by atoms with Crippen LogP contribution in [0.1, 0.15) is 27.2 Å². The highest BCUT2D eigenvalue weighted by atomic mass is 32.2. The largest absolute Gasteiger partial charge is 0.480 e. The van der Waals surface area contributed by atoms with Gasteiger partial charge < -0.3 is 25.2 Å². The predicted octanol–water partition coefficient (Wildman–Crippen LogP) is -3.20. The molecule has 2 fully saturated rings. The predicted molar refractivity (Wildman–Crippen MR) is 107 cm³/mol. The molecule has 15 heteroatoms. The van der Waals surface area contributed by atoms with E-state index in [1.54, 1.807) is 6.92 Å². The van der Waals surface area contributed by atoms with E-state index >= 15 is 0 Å². The van der Waals surface area contributed by atoms with E-state index in [0.29, 0.717) is 0 Å². The normalized spacial score (nSPS) is 27.3. The van der Waals surface area contributed by atoms with Crippen molar-refractivity contribution in [1.29, 1.82) is 0 Å². The topological polar surface area (TPSA) is 189 Å². The summed E-state index contributed by atoms with van der Waals surface area (Å²) >= 11 is 0. The second-order valence-corrected chi connectivity index (χ2v) is 10.7. The molecule has 14 nitrogen and oxygen atoms in total. The number of β-lactam (4-membered cyclic amide) rings is 1. The molecule has 5 atom stereocenters. The summed E-state index contributed by atoms with van der Waals surface area (Å²) in [6.07, 6.45) is 1.26. The molecule has 1 aromatic heterocycles. The number of carbonyl (C=O) groups excluding carboxylic acids is 3. The molecule has 3 N–H and O–H groups in total. The number of aliphatic hydroxyl groups is 1. The summed E-state index contributed by atoms with van der Waals surface area (Å²) in [6.45, 7) is 3.51. The quantitative estimate of drug-likeness (QED) is 0.181. The fourth-order valence-corrected chi connectivity index (χ4v) is 6.47. The number of sulfone groups is 1. The molecule has 182 valence electrons. The Hall–Kier alpha value is -3.07. The van der Waals surface area contributed by atoms with Crippen LogP contribution in [0.5, 0.6) is 0 Å². The summed E-state index contributed by atoms with van der Waals surface area (Å²) in [5, 5.41) is 24.6. The monoisotopic (exact) mass is 488 g/mol. The second-order valence-electron chi connectivity index (χ2n) is 8.18. The third-order valence-electron chi connectivity index (χ3n) is 5.81. The number of carbonyl (C=O) groups is 4. The molecule has 33 heavy (non-hydrogen) atoms. The Morgan fingerprint density at radius 2 is 2.09 bits per heavy atom. The van der Waals surface area contributed by atoms with Gasteiger partial charge in [0.15, 0.2) is 40.9 Å². The van der Waals surface area contributed by atoms with E-state index in [1.165, 1.54) is 30.9 Å². The van der Waals surface area contributed by atoms with Crippen LogP contribution in [0, 0.1) is 0 Å². The summed E-state index contributed by atoms with van der Waals surface area (Å²) in [6, 6.07) is -2.84. The van der Waals surface area contributed by atoms with E-state index in [-0.39, 0.29) is 26.1 Å². The molecule has 0 aromatic carbocycles. The highest BCUT2D eigenvalue weighted by molar-refractivity contribution is 7.93. The van der Waals surface area contributed by atoms with Crippen molar-refractivity contribution in [3.05, 3.63) is 12.4 Å². The summed E-state index contributed by atoms with van der Waals surface area (Å²) < 4.78 is 31.3. The van der Waals surface area contributed by atoms with Crippen molar-refractivity contribution in [2.45, 2.75) is 68.6 Å². The van der Waals surface area contributed by atoms with Crippen molar-refractivity contribution >= 4 is 33.6 Å². The van der Waals surface area contributed by atoms with Crippen LogP contribution in [0.4, 0.5) is 0 Å². The van der Waals surface area contributed by atoms with Gasteiger partial charge in [0.05, 0.1) is 24.3 Å². The van der Waals surface area contributed by atoms with Crippen LogP contribution in [0.2, 0.25) is 0 Å². The van der Waals surface area contributed by atoms with E-state index in [0.717, 1.165) is 9.58 Å². The number of fused-ring (bicyclic) bond motifs is 1. The minimum absolute atomic E-state index is 0.0694. The molecule has 2 saturated heterocycles. The number of aromatic nitrogens is 3. The maximum atomic E-state index is 13.0. The van der Waals surface area contributed by atoms with Crippen molar-refractivity contribution in [3.8, 4) is 0 Å². The Morgan fingerprint density at radius 1 is 1.42 bits per heavy atom. The number of rotatable bonds is 9. The first kappa shape index (κ1) is 24.6. The minimum Gasteiger partial charge on any atom is -0.480 e. The molecule has 3 heterocycles. The van der Waals surface area contributed by atoms with Gasteiger partial charge in [0.2, 0.25) is 5.91 Å². The number of amides is 2. The van der Waals surface area contributed by atoms with Crippen LogP contribution in [0.25, 0.3) is 0 Å². The Balaban J connectivity index is 1.74. The number of hydrogen-bond donors (Lipinski definition) is 3. The van der Waals surface area contributed by atoms with Gasteiger partial charge in [0.25, 0.3) is 5.91 Å². The van der Waals surface area contributed by atoms with Crippen molar-refractivity contribution in [2.24, 2.45) is 0 Å². The Labute approximate surface area is 189 Å². The second kappa shape index (κ2) is 8.70. The van der Waals surface area contributed by atoms with Crippen LogP contribution >= 0.6 is 0 Å². The van der Waals surface area contributed by atoms with Crippen LogP contribution in [0.3, 0.4) is 0 Å². The van der Waals surface area contributed by atoms with Crippen molar-refractivity contribution in [1.82, 2.24) is 20.1 Å². The van der Waals surface area contributed by atoms with E-state index in [9.17, 15) is 37.8 Å². The summed E-state index contributed by atoms with van der Waals surface area (Å²) in [7, 11) is -4.01. The van der Waals surface area contributed by atoms with Crippen LogP contribution in [0.15, 0.2) is 12.4 Å². The van der Waals surface area contributed by atoms with Gasteiger partial charge >= 0.3 is 11.9 Å². The third kappa shape index (κ3) is 4.17. The molecule has 2 aliphatic heterocycles. The summed E-state index contributed by atoms with van der Waals surface area (Å²) in [5.74, 6) is -3.43. The number of hydrogen-bond acceptors (Lipinski definition) is 9. The Kier molecular flexibility index (Phi) is 6.48. The molecular weight excluding hydrogens is 462 g/mol. The smallest absolute Gasteiger partial charge is 0.331 e. The first-order valence-corrected chi connectivity index (χ1v) is 11.7. The van der Waals surface area contributed by atoms with Crippen LogP contribution in [-0.2, 0) is 46.8 Å². The number of nitrogens with one attached hydrogen (secondary N) is 1. The fourth-order valence-electron chi connectivity index (χ4n) is 4.11. The van der Waals surface area contributed by atoms with Crippen LogP contribution in [-0.4, -0.2) is 92.1 Å². The number of aliphatic carboxylic acids is 1. The average Bonchev–Trinajstić information content (AvgIpc) is 3.18. The van der Waals surface area contributed by atoms with Crippen LogP contribution < -0.4 is 10.00 Å². The number of ether oxygens (including phenoxy) is 1. The molecule has 0 radical (unpaired) electrons. The Morgan fingerprint density at radius 3 is 2.64 bits per heavy atom. The molecule has 5 unspecified atom stereocenters. The standard InChI is InChI=1S/C18H25N5O9S/c1-4-32-17(29)14(10(2)24)19-11(25)8-21-5-6-22(20-21)9-18(3)15(16(27)28)23-12(26)7-13(23)33(18,30)31/h5-6,10,13-15,24H,4,7-9H2,1-3H3,(H-,19,25,27,28)/p+1. The zero-order valence-corrected chi connectivity index (χ0v) is 19.1. The molecule has 3 rings (SSSR count). The molecule has 0 aliphatic carbocycles. The van der Waals surface area contributed by atoms with Crippen molar-refractivity contribution < 1.29 is 47.2 Å².